The molecular formula is C12H16ClNO3S. The fourth-order valence-electron chi connectivity index (χ4n) is 1.41. The van der Waals surface area contributed by atoms with Gasteiger partial charge in [-0.25, -0.2) is 0 Å². The first-order valence-electron chi connectivity index (χ1n) is 5.36. The van der Waals surface area contributed by atoms with Gasteiger partial charge in [-0.15, -0.1) is 11.8 Å². The molecule has 0 heterocycles. The maximum atomic E-state index is 12.0. The number of thioether (sulfide) groups is 1. The lowest BCUT2D eigenvalue weighted by atomic mass is 10.2. The van der Waals surface area contributed by atoms with Crippen LogP contribution in [0.1, 0.15) is 10.4 Å². The number of hydrogen-bond acceptors (Lipinski definition) is 4. The fourth-order valence-corrected chi connectivity index (χ4v) is 2.05. The zero-order chi connectivity index (χ0) is 13.5. The van der Waals surface area contributed by atoms with Crippen LogP contribution in [0, 0.1) is 0 Å². The minimum Gasteiger partial charge on any atom is -0.394 e. The van der Waals surface area contributed by atoms with Crippen molar-refractivity contribution in [3.05, 3.63) is 28.8 Å². The third-order valence-corrected chi connectivity index (χ3v) is 3.40. The number of benzene rings is 1. The lowest BCUT2D eigenvalue weighted by molar-refractivity contribution is 0.0839. The summed E-state index contributed by atoms with van der Waals surface area (Å²) in [5.74, 6) is -0.313. The van der Waals surface area contributed by atoms with Crippen molar-refractivity contribution in [2.75, 3.05) is 26.6 Å². The maximum absolute atomic E-state index is 12.0. The van der Waals surface area contributed by atoms with Crippen LogP contribution in [0.2, 0.25) is 5.02 Å². The molecule has 0 bridgehead atoms. The predicted octanol–water partition coefficient (Wildman–Crippen LogP) is 1.80. The van der Waals surface area contributed by atoms with Gasteiger partial charge in [0.15, 0.2) is 0 Å². The Labute approximate surface area is 116 Å². The molecule has 1 atom stereocenters. The molecule has 2 N–H and O–H groups in total. The largest absolute Gasteiger partial charge is 0.394 e. The Balaban J connectivity index is 2.82. The van der Waals surface area contributed by atoms with Gasteiger partial charge in [0.05, 0.1) is 29.8 Å². The Kier molecular flexibility index (Phi) is 6.49. The standard InChI is InChI=1S/C12H16ClNO3S/c1-17-7-8(6-15)14-12(16)10-5-9(18-2)3-4-11(10)13/h3-5,8,15H,6-7H2,1-2H3,(H,14,16). The Morgan fingerprint density at radius 2 is 2.33 bits per heavy atom. The molecule has 0 fully saturated rings. The minimum absolute atomic E-state index is 0.181. The first-order valence-corrected chi connectivity index (χ1v) is 6.96. The second-order valence-corrected chi connectivity index (χ2v) is 4.94. The Bertz CT molecular complexity index is 414. The zero-order valence-electron chi connectivity index (χ0n) is 10.3. The molecule has 18 heavy (non-hydrogen) atoms. The van der Waals surface area contributed by atoms with Crippen molar-refractivity contribution in [1.82, 2.24) is 5.32 Å². The molecule has 1 aromatic carbocycles. The SMILES string of the molecule is COCC(CO)NC(=O)c1cc(SC)ccc1Cl. The molecule has 0 aliphatic carbocycles. The van der Waals surface area contributed by atoms with Crippen LogP contribution in [0.5, 0.6) is 0 Å². The summed E-state index contributed by atoms with van der Waals surface area (Å²) in [6.45, 7) is 0.0709. The number of carbonyl (C=O) groups excluding carboxylic acids is 1. The van der Waals surface area contributed by atoms with Crippen molar-refractivity contribution >= 4 is 29.3 Å². The number of hydrogen-bond donors (Lipinski definition) is 2. The second-order valence-electron chi connectivity index (χ2n) is 3.65. The van der Waals surface area contributed by atoms with E-state index in [2.05, 4.69) is 5.32 Å². The average Bonchev–Trinajstić information content (AvgIpc) is 2.38. The summed E-state index contributed by atoms with van der Waals surface area (Å²) in [5.41, 5.74) is 0.401. The van der Waals surface area contributed by atoms with Crippen LogP contribution in [0.25, 0.3) is 0 Å². The number of ether oxygens (including phenoxy) is 1. The lowest BCUT2D eigenvalue weighted by Crippen LogP contribution is -2.40. The zero-order valence-corrected chi connectivity index (χ0v) is 11.8. The van der Waals surface area contributed by atoms with Gasteiger partial charge in [0.2, 0.25) is 0 Å². The van der Waals surface area contributed by atoms with E-state index in [0.29, 0.717) is 10.6 Å². The molecule has 1 rings (SSSR count). The van der Waals surface area contributed by atoms with Gasteiger partial charge in [0.25, 0.3) is 5.91 Å². The van der Waals surface area contributed by atoms with Crippen LogP contribution in [-0.2, 0) is 4.74 Å². The molecule has 1 aromatic rings. The highest BCUT2D eigenvalue weighted by atomic mass is 35.5. The number of aliphatic hydroxyl groups excluding tert-OH is 1. The highest BCUT2D eigenvalue weighted by Crippen LogP contribution is 2.22. The van der Waals surface area contributed by atoms with Crippen LogP contribution in [0.4, 0.5) is 0 Å². The van der Waals surface area contributed by atoms with E-state index >= 15 is 0 Å². The van der Waals surface area contributed by atoms with Gasteiger partial charge in [-0.3, -0.25) is 4.79 Å². The number of rotatable bonds is 6. The number of amides is 1. The second kappa shape index (κ2) is 7.63. The van der Waals surface area contributed by atoms with Crippen molar-refractivity contribution in [3.8, 4) is 0 Å². The van der Waals surface area contributed by atoms with E-state index in [4.69, 9.17) is 21.4 Å². The smallest absolute Gasteiger partial charge is 0.253 e. The van der Waals surface area contributed by atoms with Gasteiger partial charge >= 0.3 is 0 Å². The van der Waals surface area contributed by atoms with Crippen LogP contribution in [0.3, 0.4) is 0 Å². The van der Waals surface area contributed by atoms with E-state index in [1.54, 1.807) is 12.1 Å². The van der Waals surface area contributed by atoms with Crippen LogP contribution >= 0.6 is 23.4 Å². The van der Waals surface area contributed by atoms with Crippen molar-refractivity contribution in [2.45, 2.75) is 10.9 Å². The van der Waals surface area contributed by atoms with E-state index in [9.17, 15) is 4.79 Å². The van der Waals surface area contributed by atoms with E-state index in [1.807, 2.05) is 12.3 Å². The summed E-state index contributed by atoms with van der Waals surface area (Å²) in [5, 5.41) is 12.1. The van der Waals surface area contributed by atoms with Gasteiger partial charge in [-0.1, -0.05) is 11.6 Å². The molecule has 0 spiro atoms. The predicted molar refractivity (Wildman–Crippen MR) is 73.4 cm³/mol. The molecule has 0 saturated carbocycles. The number of aliphatic hydroxyl groups is 1. The summed E-state index contributed by atoms with van der Waals surface area (Å²) in [6, 6.07) is 4.83. The topological polar surface area (TPSA) is 58.6 Å². The van der Waals surface area contributed by atoms with Gasteiger partial charge < -0.3 is 15.2 Å². The molecule has 6 heteroatoms. The first-order chi connectivity index (χ1) is 8.62. The summed E-state index contributed by atoms with van der Waals surface area (Å²) in [7, 11) is 1.51. The molecule has 0 saturated heterocycles. The highest BCUT2D eigenvalue weighted by molar-refractivity contribution is 7.98. The van der Waals surface area contributed by atoms with Gasteiger partial charge in [-0.2, -0.15) is 0 Å². The summed E-state index contributed by atoms with van der Waals surface area (Å²) in [4.78, 5) is 13.0. The van der Waals surface area contributed by atoms with Crippen LogP contribution in [0.15, 0.2) is 23.1 Å². The summed E-state index contributed by atoms with van der Waals surface area (Å²) < 4.78 is 4.89. The van der Waals surface area contributed by atoms with Crippen molar-refractivity contribution < 1.29 is 14.6 Å². The number of halogens is 1. The maximum Gasteiger partial charge on any atom is 0.253 e. The third kappa shape index (κ3) is 4.17. The van der Waals surface area contributed by atoms with Crippen LogP contribution in [-0.4, -0.2) is 43.6 Å². The highest BCUT2D eigenvalue weighted by Gasteiger charge is 2.15. The Morgan fingerprint density at radius 3 is 2.89 bits per heavy atom. The van der Waals surface area contributed by atoms with Crippen molar-refractivity contribution in [3.63, 3.8) is 0 Å². The fraction of sp³-hybridized carbons (Fsp3) is 0.417. The molecule has 100 valence electrons. The van der Waals surface area contributed by atoms with Crippen molar-refractivity contribution in [1.29, 1.82) is 0 Å². The number of methoxy groups -OCH3 is 1. The van der Waals surface area contributed by atoms with Crippen LogP contribution < -0.4 is 5.32 Å². The number of nitrogens with one attached hydrogen (secondary N) is 1. The normalized spacial score (nSPS) is 12.2. The number of carbonyl (C=O) groups is 1. The Hall–Kier alpha value is -0.750. The Morgan fingerprint density at radius 1 is 1.61 bits per heavy atom. The van der Waals surface area contributed by atoms with Gasteiger partial charge in [0.1, 0.15) is 0 Å². The van der Waals surface area contributed by atoms with E-state index in [-0.39, 0.29) is 19.1 Å². The average molecular weight is 290 g/mol. The molecule has 0 radical (unpaired) electrons. The molecular weight excluding hydrogens is 274 g/mol. The van der Waals surface area contributed by atoms with Crippen molar-refractivity contribution in [2.24, 2.45) is 0 Å². The molecule has 4 nitrogen and oxygen atoms in total. The molecule has 0 aliphatic heterocycles. The van der Waals surface area contributed by atoms with E-state index in [0.717, 1.165) is 4.90 Å². The van der Waals surface area contributed by atoms with E-state index in [1.165, 1.54) is 18.9 Å². The third-order valence-electron chi connectivity index (χ3n) is 2.34. The van der Waals surface area contributed by atoms with E-state index < -0.39 is 6.04 Å². The quantitative estimate of drug-likeness (QED) is 0.784. The molecule has 1 unspecified atom stereocenters. The molecule has 0 aliphatic rings. The summed E-state index contributed by atoms with van der Waals surface area (Å²) >= 11 is 7.52. The summed E-state index contributed by atoms with van der Waals surface area (Å²) in [6.07, 6.45) is 1.92. The van der Waals surface area contributed by atoms with Gasteiger partial charge in [-0.05, 0) is 24.5 Å². The van der Waals surface area contributed by atoms with Gasteiger partial charge in [0, 0.05) is 12.0 Å². The molecule has 0 aromatic heterocycles. The monoisotopic (exact) mass is 289 g/mol. The molecule has 1 amide bonds. The first kappa shape index (κ1) is 15.3. The minimum atomic E-state index is -0.434. The lowest BCUT2D eigenvalue weighted by Gasteiger charge is -2.16.